The predicted molar refractivity (Wildman–Crippen MR) is 90.6 cm³/mol. The van der Waals surface area contributed by atoms with E-state index in [9.17, 15) is 9.18 Å². The number of halogens is 2. The highest BCUT2D eigenvalue weighted by Crippen LogP contribution is 2.23. The van der Waals surface area contributed by atoms with E-state index in [-0.39, 0.29) is 5.91 Å². The Hall–Kier alpha value is -2.46. The number of nitrogens with one attached hydrogen (secondary N) is 1. The first-order valence-electron chi connectivity index (χ1n) is 7.08. The third kappa shape index (κ3) is 3.17. The van der Waals surface area contributed by atoms with E-state index in [1.54, 1.807) is 37.3 Å². The number of hydrogen-bond donors (Lipinski definition) is 1. The number of benzene rings is 2. The van der Waals surface area contributed by atoms with Gasteiger partial charge in [-0.3, -0.25) is 9.78 Å². The van der Waals surface area contributed by atoms with Gasteiger partial charge in [-0.1, -0.05) is 11.6 Å². The lowest BCUT2D eigenvalue weighted by Gasteiger charge is -2.11. The van der Waals surface area contributed by atoms with E-state index in [2.05, 4.69) is 10.3 Å². The molecule has 1 heterocycles. The monoisotopic (exact) mass is 328 g/mol. The number of carbonyl (C=O) groups excluding carboxylic acids is 1. The van der Waals surface area contributed by atoms with Crippen LogP contribution in [0.1, 0.15) is 21.6 Å². The zero-order valence-corrected chi connectivity index (χ0v) is 13.4. The van der Waals surface area contributed by atoms with Crippen LogP contribution in [0.4, 0.5) is 10.1 Å². The fraction of sp³-hybridized carbons (Fsp3) is 0.111. The molecule has 1 amide bonds. The van der Waals surface area contributed by atoms with Crippen LogP contribution in [0.25, 0.3) is 10.9 Å². The molecule has 23 heavy (non-hydrogen) atoms. The average molecular weight is 329 g/mol. The van der Waals surface area contributed by atoms with Gasteiger partial charge in [0, 0.05) is 21.8 Å². The fourth-order valence-corrected chi connectivity index (χ4v) is 2.70. The Balaban J connectivity index is 2.05. The first-order valence-corrected chi connectivity index (χ1v) is 7.46. The molecule has 3 nitrogen and oxygen atoms in total. The molecule has 3 rings (SSSR count). The van der Waals surface area contributed by atoms with Gasteiger partial charge in [0.15, 0.2) is 0 Å². The molecule has 0 saturated carbocycles. The molecule has 0 fully saturated rings. The Bertz CT molecular complexity index is 924. The van der Waals surface area contributed by atoms with Gasteiger partial charge < -0.3 is 5.32 Å². The number of anilines is 1. The fourth-order valence-electron chi connectivity index (χ4n) is 2.48. The maximum atomic E-state index is 13.5. The summed E-state index contributed by atoms with van der Waals surface area (Å²) in [6.07, 6.45) is 0. The van der Waals surface area contributed by atoms with E-state index in [4.69, 9.17) is 11.6 Å². The van der Waals surface area contributed by atoms with Gasteiger partial charge in [0.05, 0.1) is 11.1 Å². The van der Waals surface area contributed by atoms with Crippen LogP contribution in [0.2, 0.25) is 5.02 Å². The first-order chi connectivity index (χ1) is 10.9. The number of pyridine rings is 1. The summed E-state index contributed by atoms with van der Waals surface area (Å²) in [5.41, 5.74) is 3.19. The number of aryl methyl sites for hydroxylation is 2. The maximum absolute atomic E-state index is 13.5. The zero-order valence-electron chi connectivity index (χ0n) is 12.7. The summed E-state index contributed by atoms with van der Waals surface area (Å²) in [6.45, 7) is 3.66. The van der Waals surface area contributed by atoms with Crippen molar-refractivity contribution in [2.24, 2.45) is 0 Å². The second-order valence-corrected chi connectivity index (χ2v) is 5.82. The van der Waals surface area contributed by atoms with E-state index in [1.807, 2.05) is 6.92 Å². The highest BCUT2D eigenvalue weighted by atomic mass is 35.5. The van der Waals surface area contributed by atoms with E-state index >= 15 is 0 Å². The summed E-state index contributed by atoms with van der Waals surface area (Å²) in [4.78, 5) is 17.0. The Labute approximate surface area is 138 Å². The van der Waals surface area contributed by atoms with Crippen LogP contribution in [0.3, 0.4) is 0 Å². The molecule has 3 aromatic rings. The molecule has 0 unspecified atom stereocenters. The van der Waals surface area contributed by atoms with Crippen molar-refractivity contribution < 1.29 is 9.18 Å². The number of nitrogens with zero attached hydrogens (tertiary/aromatic N) is 1. The molecule has 0 bridgehead atoms. The lowest BCUT2D eigenvalue weighted by Crippen LogP contribution is -2.14. The molecular formula is C18H14ClFN2O. The van der Waals surface area contributed by atoms with Crippen LogP contribution < -0.4 is 5.32 Å². The zero-order chi connectivity index (χ0) is 16.6. The van der Waals surface area contributed by atoms with Crippen molar-refractivity contribution in [3.63, 3.8) is 0 Å². The number of aromatic nitrogens is 1. The minimum absolute atomic E-state index is 0.309. The van der Waals surface area contributed by atoms with Crippen molar-refractivity contribution in [2.45, 2.75) is 13.8 Å². The van der Waals surface area contributed by atoms with Crippen LogP contribution in [-0.4, -0.2) is 10.9 Å². The number of amides is 1. The summed E-state index contributed by atoms with van der Waals surface area (Å²) >= 11 is 5.92. The van der Waals surface area contributed by atoms with E-state index < -0.39 is 5.82 Å². The van der Waals surface area contributed by atoms with E-state index in [1.165, 1.54) is 12.1 Å². The standard InChI is InChI=1S/C18H14ClFN2O/c1-10-7-12(19)3-5-16(10)22-18(23)15-8-11(2)21-17-6-4-13(20)9-14(15)17/h3-9H,1-2H3,(H,22,23). The minimum Gasteiger partial charge on any atom is -0.322 e. The smallest absolute Gasteiger partial charge is 0.256 e. The van der Waals surface area contributed by atoms with Crippen LogP contribution in [0, 0.1) is 19.7 Å². The predicted octanol–water partition coefficient (Wildman–Crippen LogP) is 4.90. The van der Waals surface area contributed by atoms with Crippen molar-refractivity contribution >= 4 is 34.1 Å². The van der Waals surface area contributed by atoms with Gasteiger partial charge in [0.2, 0.25) is 0 Å². The van der Waals surface area contributed by atoms with Crippen LogP contribution in [0.5, 0.6) is 0 Å². The third-order valence-electron chi connectivity index (χ3n) is 3.58. The average Bonchev–Trinajstić information content (AvgIpc) is 2.49. The first kappa shape index (κ1) is 15.4. The quantitative estimate of drug-likeness (QED) is 0.727. The summed E-state index contributed by atoms with van der Waals surface area (Å²) in [6, 6.07) is 11.1. The molecule has 0 aliphatic rings. The topological polar surface area (TPSA) is 42.0 Å². The third-order valence-corrected chi connectivity index (χ3v) is 3.82. The number of fused-ring (bicyclic) bond motifs is 1. The Morgan fingerprint density at radius 1 is 1.13 bits per heavy atom. The van der Waals surface area contributed by atoms with Gasteiger partial charge >= 0.3 is 0 Å². The summed E-state index contributed by atoms with van der Waals surface area (Å²) in [5.74, 6) is -0.712. The van der Waals surface area contributed by atoms with Crippen molar-refractivity contribution in [1.82, 2.24) is 4.98 Å². The molecule has 0 spiro atoms. The molecule has 1 aromatic heterocycles. The Morgan fingerprint density at radius 2 is 1.91 bits per heavy atom. The molecule has 0 atom stereocenters. The second kappa shape index (κ2) is 5.97. The molecule has 0 saturated heterocycles. The molecule has 116 valence electrons. The summed E-state index contributed by atoms with van der Waals surface area (Å²) in [5, 5.41) is 3.94. The van der Waals surface area contributed by atoms with Gasteiger partial charge in [-0.05, 0) is 61.9 Å². The SMILES string of the molecule is Cc1cc(C(=O)Nc2ccc(Cl)cc2C)c2cc(F)ccc2n1. The van der Waals surface area contributed by atoms with Gasteiger partial charge in [-0.25, -0.2) is 4.39 Å². The molecule has 5 heteroatoms. The second-order valence-electron chi connectivity index (χ2n) is 5.39. The summed E-state index contributed by atoms with van der Waals surface area (Å²) < 4.78 is 13.5. The largest absolute Gasteiger partial charge is 0.322 e. The normalized spacial score (nSPS) is 10.8. The number of rotatable bonds is 2. The van der Waals surface area contributed by atoms with Crippen molar-refractivity contribution in [1.29, 1.82) is 0 Å². The van der Waals surface area contributed by atoms with Crippen LogP contribution in [0.15, 0.2) is 42.5 Å². The van der Waals surface area contributed by atoms with Gasteiger partial charge in [0.25, 0.3) is 5.91 Å². The maximum Gasteiger partial charge on any atom is 0.256 e. The summed E-state index contributed by atoms with van der Waals surface area (Å²) in [7, 11) is 0. The highest BCUT2D eigenvalue weighted by Gasteiger charge is 2.14. The van der Waals surface area contributed by atoms with E-state index in [0.29, 0.717) is 32.9 Å². The van der Waals surface area contributed by atoms with Crippen molar-refractivity contribution in [3.05, 3.63) is 70.1 Å². The minimum atomic E-state index is -0.403. The van der Waals surface area contributed by atoms with Gasteiger partial charge in [-0.2, -0.15) is 0 Å². The lowest BCUT2D eigenvalue weighted by molar-refractivity contribution is 0.102. The van der Waals surface area contributed by atoms with E-state index in [0.717, 1.165) is 5.56 Å². The van der Waals surface area contributed by atoms with Crippen LogP contribution in [-0.2, 0) is 0 Å². The number of carbonyl (C=O) groups is 1. The molecule has 1 N–H and O–H groups in total. The van der Waals surface area contributed by atoms with Crippen LogP contribution >= 0.6 is 11.6 Å². The Morgan fingerprint density at radius 3 is 2.65 bits per heavy atom. The molecule has 0 radical (unpaired) electrons. The molecule has 2 aromatic carbocycles. The molecule has 0 aliphatic heterocycles. The molecule has 0 aliphatic carbocycles. The molecular weight excluding hydrogens is 315 g/mol. The highest BCUT2D eigenvalue weighted by molar-refractivity contribution is 6.30. The Kier molecular flexibility index (Phi) is 4.01. The number of hydrogen-bond acceptors (Lipinski definition) is 2. The van der Waals surface area contributed by atoms with Gasteiger partial charge in [-0.15, -0.1) is 0 Å². The van der Waals surface area contributed by atoms with Crippen molar-refractivity contribution in [2.75, 3.05) is 5.32 Å². The van der Waals surface area contributed by atoms with Crippen molar-refractivity contribution in [3.8, 4) is 0 Å². The van der Waals surface area contributed by atoms with Gasteiger partial charge in [0.1, 0.15) is 5.82 Å². The lowest BCUT2D eigenvalue weighted by atomic mass is 10.1.